The number of hydrogen-bond donors (Lipinski definition) is 4. The average molecular weight is 88.1 g/mol. The van der Waals surface area contributed by atoms with Gasteiger partial charge in [-0.05, 0) is 0 Å². The van der Waals surface area contributed by atoms with Crippen LogP contribution in [0.4, 0.5) is 0 Å². The van der Waals surface area contributed by atoms with Crippen LogP contribution >= 0.6 is 0 Å². The number of hydrogen-bond acceptors (Lipinski definition) is 4. The summed E-state index contributed by atoms with van der Waals surface area (Å²) in [6.45, 7) is 1.56. The third-order valence-electron chi connectivity index (χ3n) is 0.604. The molecule has 4 N–H and O–H groups in total. The van der Waals surface area contributed by atoms with Crippen LogP contribution in [-0.2, 0) is 0 Å². The zero-order valence-corrected chi connectivity index (χ0v) is 3.41. The molecule has 0 aromatic carbocycles. The minimum atomic E-state index is 0.778. The fourth-order valence-electron chi connectivity index (χ4n) is 0.338. The molecule has 0 saturated carbocycles. The van der Waals surface area contributed by atoms with Gasteiger partial charge in [0, 0.05) is 0 Å². The molecule has 1 rings (SSSR count). The van der Waals surface area contributed by atoms with Gasteiger partial charge in [0.25, 0.3) is 0 Å². The van der Waals surface area contributed by atoms with Crippen LogP contribution in [0.15, 0.2) is 0 Å². The van der Waals surface area contributed by atoms with Crippen LogP contribution in [0, 0.1) is 0 Å². The van der Waals surface area contributed by atoms with Gasteiger partial charge in [0.15, 0.2) is 0 Å². The van der Waals surface area contributed by atoms with Crippen molar-refractivity contribution >= 4 is 0 Å². The normalized spacial score (nSPS) is 24.0. The molecule has 6 heavy (non-hydrogen) atoms. The van der Waals surface area contributed by atoms with Crippen LogP contribution < -0.4 is 21.7 Å². The van der Waals surface area contributed by atoms with E-state index < -0.39 is 0 Å². The minimum absolute atomic E-state index is 0.778. The van der Waals surface area contributed by atoms with Crippen LogP contribution in [0.5, 0.6) is 0 Å². The minimum Gasteiger partial charge on any atom is -0.241 e. The van der Waals surface area contributed by atoms with Crippen molar-refractivity contribution in [3.63, 3.8) is 0 Å². The highest BCUT2D eigenvalue weighted by Gasteiger charge is 1.87. The molecule has 36 valence electrons. The lowest BCUT2D eigenvalue weighted by atomic mass is 11.0. The summed E-state index contributed by atoms with van der Waals surface area (Å²) < 4.78 is 0. The van der Waals surface area contributed by atoms with E-state index in [1.807, 2.05) is 0 Å². The molecule has 4 heteroatoms. The van der Waals surface area contributed by atoms with E-state index in [1.165, 1.54) is 0 Å². The summed E-state index contributed by atoms with van der Waals surface area (Å²) in [5.74, 6) is 0. The summed E-state index contributed by atoms with van der Waals surface area (Å²) in [6.07, 6.45) is 0. The molecule has 1 saturated heterocycles. The Kier molecular flexibility index (Phi) is 1.40. The molecule has 0 amide bonds. The van der Waals surface area contributed by atoms with Crippen LogP contribution in [-0.4, -0.2) is 13.3 Å². The van der Waals surface area contributed by atoms with E-state index in [4.69, 9.17) is 0 Å². The van der Waals surface area contributed by atoms with Gasteiger partial charge < -0.3 is 0 Å². The predicted molar refractivity (Wildman–Crippen MR) is 22.3 cm³/mol. The molecule has 0 aromatic rings. The average Bonchev–Trinajstić information content (AvgIpc) is 1.72. The Bertz CT molecular complexity index is 21.0. The Morgan fingerprint density at radius 3 is 1.17 bits per heavy atom. The molecule has 1 aliphatic heterocycles. The van der Waals surface area contributed by atoms with Crippen molar-refractivity contribution in [2.75, 3.05) is 13.3 Å². The second-order valence-corrected chi connectivity index (χ2v) is 1.06. The van der Waals surface area contributed by atoms with Gasteiger partial charge in [0.1, 0.15) is 0 Å². The van der Waals surface area contributed by atoms with E-state index in [2.05, 4.69) is 21.7 Å². The molecule has 1 fully saturated rings. The van der Waals surface area contributed by atoms with Crippen LogP contribution in [0.3, 0.4) is 0 Å². The summed E-state index contributed by atoms with van der Waals surface area (Å²) in [5, 5.41) is 0. The first-order valence-corrected chi connectivity index (χ1v) is 1.91. The van der Waals surface area contributed by atoms with Crippen molar-refractivity contribution in [1.82, 2.24) is 21.7 Å². The Labute approximate surface area is 36.2 Å². The van der Waals surface area contributed by atoms with Crippen LogP contribution in [0.25, 0.3) is 0 Å². The molecule has 0 atom stereocenters. The lowest BCUT2D eigenvalue weighted by Gasteiger charge is -2.14. The van der Waals surface area contributed by atoms with Gasteiger partial charge in [-0.25, -0.2) is 21.7 Å². The van der Waals surface area contributed by atoms with Gasteiger partial charge in [-0.15, -0.1) is 0 Å². The van der Waals surface area contributed by atoms with E-state index >= 15 is 0 Å². The van der Waals surface area contributed by atoms with Crippen molar-refractivity contribution in [3.05, 3.63) is 0 Å². The molecular formula is C2H8N4. The Hall–Kier alpha value is -0.160. The fourth-order valence-corrected chi connectivity index (χ4v) is 0.338. The summed E-state index contributed by atoms with van der Waals surface area (Å²) in [7, 11) is 0. The Balaban J connectivity index is 2.00. The molecule has 0 radical (unpaired) electrons. The van der Waals surface area contributed by atoms with Crippen molar-refractivity contribution in [2.24, 2.45) is 0 Å². The molecule has 1 heterocycles. The van der Waals surface area contributed by atoms with Crippen molar-refractivity contribution < 1.29 is 0 Å². The molecular weight excluding hydrogens is 80.1 g/mol. The van der Waals surface area contributed by atoms with Gasteiger partial charge >= 0.3 is 0 Å². The van der Waals surface area contributed by atoms with Gasteiger partial charge in [-0.1, -0.05) is 0 Å². The Morgan fingerprint density at radius 2 is 1.00 bits per heavy atom. The number of nitrogens with one attached hydrogen (secondary N) is 4. The lowest BCUT2D eigenvalue weighted by molar-refractivity contribution is 0.344. The fraction of sp³-hybridized carbons (Fsp3) is 1.00. The summed E-state index contributed by atoms with van der Waals surface area (Å²) in [6, 6.07) is 0. The highest BCUT2D eigenvalue weighted by atomic mass is 15.6. The molecule has 4 nitrogen and oxygen atoms in total. The number of rotatable bonds is 0. The molecule has 0 unspecified atom stereocenters. The first-order valence-electron chi connectivity index (χ1n) is 1.91. The highest BCUT2D eigenvalue weighted by Crippen LogP contribution is 1.48. The van der Waals surface area contributed by atoms with Crippen molar-refractivity contribution in [2.45, 2.75) is 0 Å². The quantitative estimate of drug-likeness (QED) is 0.279. The van der Waals surface area contributed by atoms with E-state index in [1.54, 1.807) is 0 Å². The zero-order chi connectivity index (χ0) is 4.24. The second-order valence-electron chi connectivity index (χ2n) is 1.06. The maximum Gasteiger partial charge on any atom is 0.0721 e. The largest absolute Gasteiger partial charge is 0.241 e. The van der Waals surface area contributed by atoms with Crippen LogP contribution in [0.1, 0.15) is 0 Å². The van der Waals surface area contributed by atoms with E-state index in [0.29, 0.717) is 0 Å². The highest BCUT2D eigenvalue weighted by molar-refractivity contribution is 4.40. The van der Waals surface area contributed by atoms with Crippen molar-refractivity contribution in [3.8, 4) is 0 Å². The zero-order valence-electron chi connectivity index (χ0n) is 3.41. The van der Waals surface area contributed by atoms with Gasteiger partial charge in [0.05, 0.1) is 13.3 Å². The second kappa shape index (κ2) is 2.09. The van der Waals surface area contributed by atoms with Gasteiger partial charge in [0.2, 0.25) is 0 Å². The standard InChI is InChI=1S/C2H8N4/c1-3-5-2-6-4-1/h3-6H,1-2H2. The SMILES string of the molecule is C1NNCNN1. The predicted octanol–water partition coefficient (Wildman–Crippen LogP) is -1.90. The number of hydrazine groups is 2. The monoisotopic (exact) mass is 88.1 g/mol. The Morgan fingerprint density at radius 1 is 0.667 bits per heavy atom. The molecule has 0 spiro atoms. The molecule has 0 aliphatic carbocycles. The summed E-state index contributed by atoms with van der Waals surface area (Å²) in [5.41, 5.74) is 11.4. The first kappa shape index (κ1) is 4.01. The maximum absolute atomic E-state index is 2.86. The summed E-state index contributed by atoms with van der Waals surface area (Å²) >= 11 is 0. The molecule has 0 aromatic heterocycles. The smallest absolute Gasteiger partial charge is 0.0721 e. The van der Waals surface area contributed by atoms with Crippen LogP contribution in [0.2, 0.25) is 0 Å². The van der Waals surface area contributed by atoms with Gasteiger partial charge in [-0.2, -0.15) is 0 Å². The van der Waals surface area contributed by atoms with E-state index in [-0.39, 0.29) is 0 Å². The van der Waals surface area contributed by atoms with E-state index in [9.17, 15) is 0 Å². The third kappa shape index (κ3) is 0.908. The van der Waals surface area contributed by atoms with Gasteiger partial charge in [-0.3, -0.25) is 0 Å². The summed E-state index contributed by atoms with van der Waals surface area (Å²) in [4.78, 5) is 0. The maximum atomic E-state index is 2.86. The van der Waals surface area contributed by atoms with Crippen molar-refractivity contribution in [1.29, 1.82) is 0 Å². The first-order chi connectivity index (χ1) is 3.00. The third-order valence-corrected chi connectivity index (χ3v) is 0.604. The molecule has 1 aliphatic rings. The lowest BCUT2D eigenvalue weighted by Crippen LogP contribution is -2.56. The van der Waals surface area contributed by atoms with E-state index in [0.717, 1.165) is 13.3 Å². The molecule has 0 bridgehead atoms. The topological polar surface area (TPSA) is 48.1 Å².